The third-order valence-electron chi connectivity index (χ3n) is 3.47. The Labute approximate surface area is 116 Å². The van der Waals surface area contributed by atoms with E-state index in [0.717, 1.165) is 12.8 Å². The maximum atomic E-state index is 11.5. The molecule has 0 spiro atoms. The van der Waals surface area contributed by atoms with Gasteiger partial charge >= 0.3 is 5.97 Å². The maximum absolute atomic E-state index is 11.5. The summed E-state index contributed by atoms with van der Waals surface area (Å²) in [6, 6.07) is 3.12. The number of carbonyl (C=O) groups is 2. The van der Waals surface area contributed by atoms with Crippen LogP contribution in [0.3, 0.4) is 0 Å². The van der Waals surface area contributed by atoms with Crippen molar-refractivity contribution in [3.8, 4) is 0 Å². The molecule has 1 fully saturated rings. The van der Waals surface area contributed by atoms with Crippen LogP contribution in [0.1, 0.15) is 43.1 Å². The highest BCUT2D eigenvalue weighted by Crippen LogP contribution is 2.32. The Bertz CT molecular complexity index is 495. The number of nitrogens with one attached hydrogen (secondary N) is 2. The second kappa shape index (κ2) is 5.85. The first-order valence-corrected chi connectivity index (χ1v) is 6.71. The first kappa shape index (κ1) is 14.2. The van der Waals surface area contributed by atoms with Crippen LogP contribution in [0.2, 0.25) is 0 Å². The summed E-state index contributed by atoms with van der Waals surface area (Å²) in [5.74, 6) is -0.785. The third-order valence-corrected chi connectivity index (χ3v) is 3.47. The van der Waals surface area contributed by atoms with Gasteiger partial charge in [-0.2, -0.15) is 0 Å². The summed E-state index contributed by atoms with van der Waals surface area (Å²) in [5.41, 5.74) is -0.741. The summed E-state index contributed by atoms with van der Waals surface area (Å²) in [7, 11) is 0. The van der Waals surface area contributed by atoms with Crippen LogP contribution in [-0.2, 0) is 4.79 Å². The van der Waals surface area contributed by atoms with E-state index in [1.165, 1.54) is 6.07 Å². The van der Waals surface area contributed by atoms with Crippen molar-refractivity contribution in [2.75, 3.05) is 11.9 Å². The van der Waals surface area contributed by atoms with Crippen LogP contribution in [0.25, 0.3) is 0 Å². The normalized spacial score (nSPS) is 16.6. The van der Waals surface area contributed by atoms with Crippen molar-refractivity contribution < 1.29 is 14.7 Å². The lowest BCUT2D eigenvalue weighted by Gasteiger charge is -2.25. The number of carboxylic acids is 1. The lowest BCUT2D eigenvalue weighted by atomic mass is 9.98. The molecule has 0 atom stereocenters. The molecule has 1 saturated carbocycles. The fraction of sp³-hybridized carbons (Fsp3) is 0.538. The number of carbonyl (C=O) groups excluding carboxylic acids is 1. The Morgan fingerprint density at radius 1 is 1.30 bits per heavy atom. The van der Waals surface area contributed by atoms with Crippen molar-refractivity contribution in [2.45, 2.75) is 38.1 Å². The van der Waals surface area contributed by atoms with Gasteiger partial charge in [-0.05, 0) is 31.9 Å². The quantitative estimate of drug-likeness (QED) is 0.743. The Hall–Kier alpha value is -2.18. The van der Waals surface area contributed by atoms with Crippen LogP contribution in [0.4, 0.5) is 5.82 Å². The highest BCUT2D eigenvalue weighted by atomic mass is 16.4. The third kappa shape index (κ3) is 2.87. The minimum Gasteiger partial charge on any atom is -0.480 e. The molecule has 7 nitrogen and oxygen atoms in total. The summed E-state index contributed by atoms with van der Waals surface area (Å²) in [6.45, 7) is 2.33. The Balaban J connectivity index is 2.10. The number of aromatic nitrogens is 2. The van der Waals surface area contributed by atoms with E-state index in [4.69, 9.17) is 0 Å². The van der Waals surface area contributed by atoms with Gasteiger partial charge in [-0.25, -0.2) is 4.79 Å². The van der Waals surface area contributed by atoms with Crippen LogP contribution in [-0.4, -0.2) is 39.3 Å². The van der Waals surface area contributed by atoms with E-state index in [1.807, 2.05) is 6.92 Å². The van der Waals surface area contributed by atoms with Gasteiger partial charge in [-0.3, -0.25) is 4.79 Å². The molecule has 1 aromatic heterocycles. The SMILES string of the molecule is CCNC(=O)c1ccc(NC2(C(=O)O)CCCC2)nn1. The van der Waals surface area contributed by atoms with Crippen molar-refractivity contribution in [3.63, 3.8) is 0 Å². The molecule has 3 N–H and O–H groups in total. The molecule has 0 saturated heterocycles. The lowest BCUT2D eigenvalue weighted by molar-refractivity contribution is -0.142. The number of rotatable bonds is 5. The largest absolute Gasteiger partial charge is 0.480 e. The zero-order valence-electron chi connectivity index (χ0n) is 11.3. The predicted molar refractivity (Wildman–Crippen MR) is 72.5 cm³/mol. The molecule has 1 aromatic rings. The molecule has 0 aromatic carbocycles. The molecule has 20 heavy (non-hydrogen) atoms. The number of anilines is 1. The average Bonchev–Trinajstić information content (AvgIpc) is 2.90. The molecule has 0 unspecified atom stereocenters. The fourth-order valence-electron chi connectivity index (χ4n) is 2.39. The molecule has 1 aliphatic carbocycles. The highest BCUT2D eigenvalue weighted by molar-refractivity contribution is 5.92. The number of nitrogens with zero attached hydrogens (tertiary/aromatic N) is 2. The minimum absolute atomic E-state index is 0.216. The van der Waals surface area contributed by atoms with Crippen molar-refractivity contribution in [1.29, 1.82) is 0 Å². The maximum Gasteiger partial charge on any atom is 0.329 e. The van der Waals surface area contributed by atoms with Gasteiger partial charge < -0.3 is 15.7 Å². The molecular weight excluding hydrogens is 260 g/mol. The molecule has 0 bridgehead atoms. The van der Waals surface area contributed by atoms with Crippen LogP contribution in [0.15, 0.2) is 12.1 Å². The molecule has 1 heterocycles. The van der Waals surface area contributed by atoms with Gasteiger partial charge in [0.15, 0.2) is 5.69 Å². The number of aliphatic carboxylic acids is 1. The monoisotopic (exact) mass is 278 g/mol. The number of hydrogen-bond donors (Lipinski definition) is 3. The van der Waals surface area contributed by atoms with Crippen LogP contribution < -0.4 is 10.6 Å². The van der Waals surface area contributed by atoms with Crippen molar-refractivity contribution in [3.05, 3.63) is 17.8 Å². The zero-order valence-corrected chi connectivity index (χ0v) is 11.3. The summed E-state index contributed by atoms with van der Waals surface area (Å²) in [6.07, 6.45) is 2.90. The van der Waals surface area contributed by atoms with Crippen LogP contribution in [0.5, 0.6) is 0 Å². The molecule has 0 radical (unpaired) electrons. The molecule has 0 aliphatic heterocycles. The van der Waals surface area contributed by atoms with Gasteiger partial charge in [0.2, 0.25) is 0 Å². The van der Waals surface area contributed by atoms with E-state index in [9.17, 15) is 14.7 Å². The molecular formula is C13H18N4O3. The Kier molecular flexibility index (Phi) is 4.16. The zero-order chi connectivity index (χ0) is 14.6. The summed E-state index contributed by atoms with van der Waals surface area (Å²) >= 11 is 0. The molecule has 1 aliphatic rings. The number of amides is 1. The molecule has 7 heteroatoms. The lowest BCUT2D eigenvalue weighted by Crippen LogP contribution is -2.44. The van der Waals surface area contributed by atoms with Crippen LogP contribution >= 0.6 is 0 Å². The van der Waals surface area contributed by atoms with Gasteiger partial charge in [-0.1, -0.05) is 12.8 Å². The molecule has 1 amide bonds. The van der Waals surface area contributed by atoms with E-state index in [0.29, 0.717) is 25.2 Å². The first-order chi connectivity index (χ1) is 9.57. The Morgan fingerprint density at radius 3 is 2.50 bits per heavy atom. The second-order valence-corrected chi connectivity index (χ2v) is 4.88. The summed E-state index contributed by atoms with van der Waals surface area (Å²) < 4.78 is 0. The summed E-state index contributed by atoms with van der Waals surface area (Å²) in [4.78, 5) is 23.0. The van der Waals surface area contributed by atoms with E-state index >= 15 is 0 Å². The van der Waals surface area contributed by atoms with E-state index < -0.39 is 11.5 Å². The first-order valence-electron chi connectivity index (χ1n) is 6.71. The smallest absolute Gasteiger partial charge is 0.329 e. The van der Waals surface area contributed by atoms with Gasteiger partial charge in [0.25, 0.3) is 5.91 Å². The number of hydrogen-bond acceptors (Lipinski definition) is 5. The molecule has 108 valence electrons. The van der Waals surface area contributed by atoms with Crippen LogP contribution in [0, 0.1) is 0 Å². The van der Waals surface area contributed by atoms with Gasteiger partial charge in [0.1, 0.15) is 11.4 Å². The fourth-order valence-corrected chi connectivity index (χ4v) is 2.39. The highest BCUT2D eigenvalue weighted by Gasteiger charge is 2.41. The van der Waals surface area contributed by atoms with Gasteiger partial charge in [-0.15, -0.1) is 10.2 Å². The second-order valence-electron chi connectivity index (χ2n) is 4.88. The van der Waals surface area contributed by atoms with E-state index in [2.05, 4.69) is 20.8 Å². The summed E-state index contributed by atoms with van der Waals surface area (Å²) in [5, 5.41) is 22.6. The van der Waals surface area contributed by atoms with Crippen molar-refractivity contribution >= 4 is 17.7 Å². The van der Waals surface area contributed by atoms with Crippen molar-refractivity contribution in [1.82, 2.24) is 15.5 Å². The minimum atomic E-state index is -0.956. The van der Waals surface area contributed by atoms with E-state index in [1.54, 1.807) is 6.07 Å². The van der Waals surface area contributed by atoms with E-state index in [-0.39, 0.29) is 11.6 Å². The topological polar surface area (TPSA) is 104 Å². The van der Waals surface area contributed by atoms with Gasteiger partial charge in [0, 0.05) is 6.54 Å². The molecule has 2 rings (SSSR count). The van der Waals surface area contributed by atoms with Crippen molar-refractivity contribution in [2.24, 2.45) is 0 Å². The average molecular weight is 278 g/mol. The number of carboxylic acid groups (broad SMARTS) is 1. The standard InChI is InChI=1S/C13H18N4O3/c1-2-14-11(18)9-5-6-10(17-16-9)15-13(12(19)20)7-3-4-8-13/h5-6H,2-4,7-8H2,1H3,(H,14,18)(H,15,17)(H,19,20). The predicted octanol–water partition coefficient (Wildman–Crippen LogP) is 1.04. The van der Waals surface area contributed by atoms with Gasteiger partial charge in [0.05, 0.1) is 0 Å². The Morgan fingerprint density at radius 2 is 2.00 bits per heavy atom.